The minimum absolute atomic E-state index is 0.604. The molecule has 0 aromatic carbocycles. The molecule has 0 bridgehead atoms. The molecule has 1 aliphatic carbocycles. The minimum Gasteiger partial charge on any atom is -0.369 e. The van der Waals surface area contributed by atoms with Crippen LogP contribution in [0.2, 0.25) is 0 Å². The number of nitrogens with zero attached hydrogens (tertiary/aromatic N) is 1. The first-order chi connectivity index (χ1) is 9.33. The van der Waals surface area contributed by atoms with E-state index in [9.17, 15) is 0 Å². The maximum atomic E-state index is 5.23. The number of hydrogen-bond acceptors (Lipinski definition) is 4. The fourth-order valence-electron chi connectivity index (χ4n) is 3.15. The highest BCUT2D eigenvalue weighted by Crippen LogP contribution is 2.25. The number of fused-ring (bicyclic) bond motifs is 1. The molecule has 3 rings (SSSR count). The Labute approximate surface area is 119 Å². The topological polar surface area (TPSA) is 52.7 Å². The van der Waals surface area contributed by atoms with E-state index in [1.807, 2.05) is 0 Å². The van der Waals surface area contributed by atoms with Crippen LogP contribution in [0.5, 0.6) is 0 Å². The third-order valence-electron chi connectivity index (χ3n) is 4.26. The molecule has 0 amide bonds. The Morgan fingerprint density at radius 1 is 1.26 bits per heavy atom. The first-order valence-electron chi connectivity index (χ1n) is 7.39. The van der Waals surface area contributed by atoms with E-state index in [1.165, 1.54) is 43.4 Å². The number of aromatic nitrogens is 2. The van der Waals surface area contributed by atoms with Gasteiger partial charge < -0.3 is 15.6 Å². The molecule has 1 aromatic rings. The molecular formula is C14H22N4S. The van der Waals surface area contributed by atoms with E-state index in [4.69, 9.17) is 12.2 Å². The van der Waals surface area contributed by atoms with Crippen LogP contribution in [0.15, 0.2) is 0 Å². The van der Waals surface area contributed by atoms with Gasteiger partial charge in [-0.25, -0.2) is 4.98 Å². The Hall–Kier alpha value is -0.940. The zero-order valence-electron chi connectivity index (χ0n) is 11.3. The van der Waals surface area contributed by atoms with Crippen LogP contribution in [0, 0.1) is 10.7 Å². The molecular weight excluding hydrogens is 256 g/mol. The lowest BCUT2D eigenvalue weighted by Gasteiger charge is -2.24. The van der Waals surface area contributed by atoms with Gasteiger partial charge in [-0.2, -0.15) is 0 Å². The van der Waals surface area contributed by atoms with E-state index in [1.54, 1.807) is 0 Å². The highest BCUT2D eigenvalue weighted by atomic mass is 32.1. The number of hydrogen-bond donors (Lipinski definition) is 3. The van der Waals surface area contributed by atoms with Crippen molar-refractivity contribution >= 4 is 18.0 Å². The van der Waals surface area contributed by atoms with Gasteiger partial charge in [0.1, 0.15) is 5.82 Å². The van der Waals surface area contributed by atoms with Crippen LogP contribution >= 0.6 is 12.2 Å². The number of H-pyrrole nitrogens is 1. The third kappa shape index (κ3) is 3.15. The second-order valence-electron chi connectivity index (χ2n) is 5.66. The van der Waals surface area contributed by atoms with Gasteiger partial charge >= 0.3 is 0 Å². The Kier molecular flexibility index (Phi) is 4.13. The maximum absolute atomic E-state index is 5.23. The molecule has 0 spiro atoms. The largest absolute Gasteiger partial charge is 0.369 e. The van der Waals surface area contributed by atoms with E-state index in [2.05, 4.69) is 20.6 Å². The SMILES string of the molecule is S=c1nc(NCC2CCCCC2)c2c([nH]1)CCNC2. The van der Waals surface area contributed by atoms with Crippen molar-refractivity contribution in [1.82, 2.24) is 15.3 Å². The van der Waals surface area contributed by atoms with Crippen molar-refractivity contribution in [3.8, 4) is 0 Å². The number of rotatable bonds is 3. The summed E-state index contributed by atoms with van der Waals surface area (Å²) >= 11 is 5.23. The molecule has 4 nitrogen and oxygen atoms in total. The van der Waals surface area contributed by atoms with Gasteiger partial charge in [0.15, 0.2) is 4.77 Å². The van der Waals surface area contributed by atoms with Gasteiger partial charge in [-0.3, -0.25) is 0 Å². The summed E-state index contributed by atoms with van der Waals surface area (Å²) in [5, 5.41) is 6.95. The van der Waals surface area contributed by atoms with Crippen molar-refractivity contribution in [2.45, 2.75) is 45.1 Å². The molecule has 2 heterocycles. The minimum atomic E-state index is 0.604. The van der Waals surface area contributed by atoms with Gasteiger partial charge in [-0.1, -0.05) is 19.3 Å². The summed E-state index contributed by atoms with van der Waals surface area (Å²) in [6.07, 6.45) is 7.90. The van der Waals surface area contributed by atoms with Gasteiger partial charge in [0, 0.05) is 37.3 Å². The summed E-state index contributed by atoms with van der Waals surface area (Å²) in [7, 11) is 0. The number of nitrogens with one attached hydrogen (secondary N) is 3. The van der Waals surface area contributed by atoms with Crippen LogP contribution in [-0.2, 0) is 13.0 Å². The number of anilines is 1. The van der Waals surface area contributed by atoms with E-state index >= 15 is 0 Å². The Morgan fingerprint density at radius 2 is 2.11 bits per heavy atom. The normalized spacial score (nSPS) is 20.0. The van der Waals surface area contributed by atoms with Crippen LogP contribution in [0.25, 0.3) is 0 Å². The van der Waals surface area contributed by atoms with Crippen LogP contribution < -0.4 is 10.6 Å². The van der Waals surface area contributed by atoms with Crippen molar-refractivity contribution in [3.05, 3.63) is 16.0 Å². The van der Waals surface area contributed by atoms with Crippen LogP contribution in [0.3, 0.4) is 0 Å². The molecule has 5 heteroatoms. The summed E-state index contributed by atoms with van der Waals surface area (Å²) < 4.78 is 0.604. The summed E-state index contributed by atoms with van der Waals surface area (Å²) in [5.41, 5.74) is 2.53. The van der Waals surface area contributed by atoms with E-state index in [-0.39, 0.29) is 0 Å². The molecule has 3 N–H and O–H groups in total. The summed E-state index contributed by atoms with van der Waals surface area (Å²) in [6.45, 7) is 2.95. The molecule has 1 aliphatic heterocycles. The summed E-state index contributed by atoms with van der Waals surface area (Å²) in [5.74, 6) is 1.80. The number of aromatic amines is 1. The predicted octanol–water partition coefficient (Wildman–Crippen LogP) is 2.78. The Bertz CT molecular complexity index is 491. The van der Waals surface area contributed by atoms with Gasteiger partial charge in [0.05, 0.1) is 0 Å². The molecule has 19 heavy (non-hydrogen) atoms. The fourth-order valence-corrected chi connectivity index (χ4v) is 3.37. The van der Waals surface area contributed by atoms with Gasteiger partial charge in [0.2, 0.25) is 0 Å². The Morgan fingerprint density at radius 3 is 2.95 bits per heavy atom. The van der Waals surface area contributed by atoms with Crippen molar-refractivity contribution in [1.29, 1.82) is 0 Å². The second kappa shape index (κ2) is 6.01. The molecule has 2 aliphatic rings. The van der Waals surface area contributed by atoms with Crippen LogP contribution in [0.1, 0.15) is 43.4 Å². The van der Waals surface area contributed by atoms with E-state index in [0.29, 0.717) is 4.77 Å². The highest BCUT2D eigenvalue weighted by molar-refractivity contribution is 7.71. The molecule has 104 valence electrons. The molecule has 0 unspecified atom stereocenters. The van der Waals surface area contributed by atoms with Crippen LogP contribution in [-0.4, -0.2) is 23.1 Å². The van der Waals surface area contributed by atoms with Crippen molar-refractivity contribution < 1.29 is 0 Å². The lowest BCUT2D eigenvalue weighted by atomic mass is 9.89. The molecule has 0 atom stereocenters. The van der Waals surface area contributed by atoms with Crippen molar-refractivity contribution in [3.63, 3.8) is 0 Å². The van der Waals surface area contributed by atoms with E-state index in [0.717, 1.165) is 37.8 Å². The lowest BCUT2D eigenvalue weighted by Crippen LogP contribution is -2.27. The smallest absolute Gasteiger partial charge is 0.198 e. The van der Waals surface area contributed by atoms with Gasteiger partial charge in [-0.15, -0.1) is 0 Å². The van der Waals surface area contributed by atoms with Crippen LogP contribution in [0.4, 0.5) is 5.82 Å². The average Bonchev–Trinajstić information content (AvgIpc) is 2.45. The highest BCUT2D eigenvalue weighted by Gasteiger charge is 2.17. The Balaban J connectivity index is 1.72. The molecule has 1 saturated carbocycles. The first-order valence-corrected chi connectivity index (χ1v) is 7.80. The summed E-state index contributed by atoms with van der Waals surface area (Å²) in [6, 6.07) is 0. The molecule has 1 fully saturated rings. The average molecular weight is 278 g/mol. The zero-order valence-corrected chi connectivity index (χ0v) is 12.1. The predicted molar refractivity (Wildman–Crippen MR) is 79.9 cm³/mol. The monoisotopic (exact) mass is 278 g/mol. The summed E-state index contributed by atoms with van der Waals surface area (Å²) in [4.78, 5) is 7.71. The van der Waals surface area contributed by atoms with Crippen molar-refractivity contribution in [2.24, 2.45) is 5.92 Å². The quantitative estimate of drug-likeness (QED) is 0.744. The third-order valence-corrected chi connectivity index (χ3v) is 4.45. The first kappa shape index (κ1) is 13.1. The molecule has 0 radical (unpaired) electrons. The standard InChI is InChI=1S/C14H22N4S/c19-14-17-12-6-7-15-9-11(12)13(18-14)16-8-10-4-2-1-3-5-10/h10,15H,1-9H2,(H2,16,17,18,19). The second-order valence-corrected chi connectivity index (χ2v) is 6.05. The lowest BCUT2D eigenvalue weighted by molar-refractivity contribution is 0.373. The zero-order chi connectivity index (χ0) is 13.1. The molecule has 1 aromatic heterocycles. The van der Waals surface area contributed by atoms with Crippen molar-refractivity contribution in [2.75, 3.05) is 18.4 Å². The van der Waals surface area contributed by atoms with E-state index < -0.39 is 0 Å². The van der Waals surface area contributed by atoms with Gasteiger partial charge in [0.25, 0.3) is 0 Å². The maximum Gasteiger partial charge on any atom is 0.198 e. The fraction of sp³-hybridized carbons (Fsp3) is 0.714. The van der Waals surface area contributed by atoms with Gasteiger partial charge in [-0.05, 0) is 31.0 Å². The molecule has 0 saturated heterocycles.